The van der Waals surface area contributed by atoms with E-state index in [1.165, 1.54) is 7.11 Å². The third-order valence-electron chi connectivity index (χ3n) is 2.34. The van der Waals surface area contributed by atoms with Crippen LogP contribution in [0, 0.1) is 10.1 Å². The van der Waals surface area contributed by atoms with E-state index in [9.17, 15) is 19.6 Å². The molecule has 0 bridgehead atoms. The van der Waals surface area contributed by atoms with Gasteiger partial charge < -0.3 is 15.6 Å². The summed E-state index contributed by atoms with van der Waals surface area (Å²) >= 11 is 0. The van der Waals surface area contributed by atoms with Crippen LogP contribution in [0.2, 0.25) is 0 Å². The molecule has 7 heteroatoms. The van der Waals surface area contributed by atoms with Crippen molar-refractivity contribution in [2.45, 2.75) is 12.5 Å². The quantitative estimate of drug-likeness (QED) is 0.606. The van der Waals surface area contributed by atoms with Crippen molar-refractivity contribution < 1.29 is 19.2 Å². The second-order valence-electron chi connectivity index (χ2n) is 3.43. The van der Waals surface area contributed by atoms with Gasteiger partial charge in [-0.1, -0.05) is 0 Å². The van der Waals surface area contributed by atoms with Crippen molar-refractivity contribution in [3.63, 3.8) is 0 Å². The van der Waals surface area contributed by atoms with Gasteiger partial charge >= 0.3 is 0 Å². The molecule has 0 fully saturated rings. The number of nitro benzene ring substituents is 1. The summed E-state index contributed by atoms with van der Waals surface area (Å²) in [6, 6.07) is 1.40. The van der Waals surface area contributed by atoms with E-state index < -0.39 is 17.6 Å². The van der Waals surface area contributed by atoms with E-state index in [1.54, 1.807) is 0 Å². The molecule has 94 valence electrons. The Labute approximate surface area is 97.0 Å². The predicted molar refractivity (Wildman–Crippen MR) is 58.8 cm³/mol. The van der Waals surface area contributed by atoms with Crippen molar-refractivity contribution in [3.05, 3.63) is 27.8 Å². The molecular formula is C10H13FN2O4. The van der Waals surface area contributed by atoms with Crippen LogP contribution in [0.1, 0.15) is 18.0 Å². The van der Waals surface area contributed by atoms with Gasteiger partial charge in [-0.15, -0.1) is 0 Å². The maximum absolute atomic E-state index is 12.2. The van der Waals surface area contributed by atoms with Gasteiger partial charge in [0, 0.05) is 17.7 Å². The fourth-order valence-corrected chi connectivity index (χ4v) is 1.43. The Hall–Kier alpha value is -1.89. The first kappa shape index (κ1) is 13.2. The van der Waals surface area contributed by atoms with Crippen molar-refractivity contribution in [1.82, 2.24) is 0 Å². The van der Waals surface area contributed by atoms with Crippen LogP contribution in [0.3, 0.4) is 0 Å². The zero-order valence-corrected chi connectivity index (χ0v) is 9.22. The third kappa shape index (κ3) is 2.82. The number of hydrogen-bond donors (Lipinski definition) is 2. The molecule has 0 aliphatic carbocycles. The minimum absolute atomic E-state index is 0.0299. The molecule has 0 saturated heterocycles. The molecule has 1 atom stereocenters. The molecule has 0 aliphatic rings. The topological polar surface area (TPSA) is 98.6 Å². The van der Waals surface area contributed by atoms with Crippen molar-refractivity contribution in [2.24, 2.45) is 5.73 Å². The molecule has 0 unspecified atom stereocenters. The zero-order valence-electron chi connectivity index (χ0n) is 9.22. The van der Waals surface area contributed by atoms with Crippen LogP contribution < -0.4 is 10.5 Å². The lowest BCUT2D eigenvalue weighted by atomic mass is 10.0. The smallest absolute Gasteiger partial charge is 0.273 e. The molecule has 0 radical (unpaired) electrons. The van der Waals surface area contributed by atoms with Gasteiger partial charge in [0.15, 0.2) is 11.5 Å². The number of nitrogens with zero attached hydrogens (tertiary/aromatic N) is 1. The molecule has 3 N–H and O–H groups in total. The monoisotopic (exact) mass is 244 g/mol. The van der Waals surface area contributed by atoms with Gasteiger partial charge in [-0.05, 0) is 6.42 Å². The molecule has 0 heterocycles. The minimum atomic E-state index is -0.811. The van der Waals surface area contributed by atoms with Crippen molar-refractivity contribution in [3.8, 4) is 11.5 Å². The Kier molecular flexibility index (Phi) is 4.22. The average molecular weight is 244 g/mol. The van der Waals surface area contributed by atoms with E-state index in [-0.39, 0.29) is 29.2 Å². The Balaban J connectivity index is 3.27. The molecule has 0 aliphatic heterocycles. The van der Waals surface area contributed by atoms with E-state index in [2.05, 4.69) is 0 Å². The molecule has 1 aromatic rings. The lowest BCUT2D eigenvalue weighted by Crippen LogP contribution is -2.12. The maximum Gasteiger partial charge on any atom is 0.273 e. The molecule has 17 heavy (non-hydrogen) atoms. The maximum atomic E-state index is 12.2. The highest BCUT2D eigenvalue weighted by Crippen LogP contribution is 2.37. The van der Waals surface area contributed by atoms with Gasteiger partial charge in [0.05, 0.1) is 24.8 Å². The van der Waals surface area contributed by atoms with Gasteiger partial charge in [-0.25, -0.2) is 0 Å². The summed E-state index contributed by atoms with van der Waals surface area (Å²) in [5.74, 6) is -0.345. The summed E-state index contributed by atoms with van der Waals surface area (Å²) in [6.45, 7) is -0.675. The van der Waals surface area contributed by atoms with E-state index in [4.69, 9.17) is 10.5 Å². The van der Waals surface area contributed by atoms with Gasteiger partial charge in [-0.2, -0.15) is 0 Å². The standard InChI is InChI=1S/C10H13FN2O4/c1-17-9-5-6(13(15)16)4-7(10(9)14)8(12)2-3-11/h4-5,8,14H,2-3,12H2,1H3/t8-/m0/s1. The van der Waals surface area contributed by atoms with Crippen LogP contribution in [-0.2, 0) is 0 Å². The first-order valence-electron chi connectivity index (χ1n) is 4.88. The number of halogens is 1. The Bertz CT molecular complexity index is 425. The number of methoxy groups -OCH3 is 1. The number of ether oxygens (including phenoxy) is 1. The normalized spacial score (nSPS) is 12.2. The van der Waals surface area contributed by atoms with Crippen LogP contribution in [-0.4, -0.2) is 23.8 Å². The fraction of sp³-hybridized carbons (Fsp3) is 0.400. The molecule has 1 rings (SSSR count). The Morgan fingerprint density at radius 3 is 2.76 bits per heavy atom. The molecule has 0 aromatic heterocycles. The number of phenolic OH excluding ortho intramolecular Hbond substituents is 1. The zero-order chi connectivity index (χ0) is 13.0. The summed E-state index contributed by atoms with van der Waals surface area (Å²) in [5.41, 5.74) is 5.47. The van der Waals surface area contributed by atoms with Crippen LogP contribution >= 0.6 is 0 Å². The lowest BCUT2D eigenvalue weighted by Gasteiger charge is -2.14. The van der Waals surface area contributed by atoms with Crippen molar-refractivity contribution in [1.29, 1.82) is 0 Å². The number of phenols is 1. The van der Waals surface area contributed by atoms with E-state index >= 15 is 0 Å². The highest BCUT2D eigenvalue weighted by molar-refractivity contribution is 5.54. The number of non-ortho nitro benzene ring substituents is 1. The molecular weight excluding hydrogens is 231 g/mol. The van der Waals surface area contributed by atoms with Crippen LogP contribution in [0.4, 0.5) is 10.1 Å². The first-order valence-corrected chi connectivity index (χ1v) is 4.88. The number of benzene rings is 1. The first-order chi connectivity index (χ1) is 8.01. The van der Waals surface area contributed by atoms with E-state index in [0.29, 0.717) is 0 Å². The van der Waals surface area contributed by atoms with Crippen LogP contribution in [0.15, 0.2) is 12.1 Å². The molecule has 0 amide bonds. The Morgan fingerprint density at radius 1 is 1.65 bits per heavy atom. The number of aromatic hydroxyl groups is 1. The molecule has 0 spiro atoms. The summed E-state index contributed by atoms with van der Waals surface area (Å²) in [5, 5.41) is 20.4. The van der Waals surface area contributed by atoms with Crippen LogP contribution in [0.25, 0.3) is 0 Å². The number of nitro groups is 1. The number of rotatable bonds is 5. The van der Waals surface area contributed by atoms with Gasteiger partial charge in [0.25, 0.3) is 5.69 Å². The van der Waals surface area contributed by atoms with Gasteiger partial charge in [0.1, 0.15) is 0 Å². The number of alkyl halides is 1. The highest BCUT2D eigenvalue weighted by Gasteiger charge is 2.20. The summed E-state index contributed by atoms with van der Waals surface area (Å²) in [7, 11) is 1.27. The Morgan fingerprint density at radius 2 is 2.29 bits per heavy atom. The van der Waals surface area contributed by atoms with Crippen molar-refractivity contribution >= 4 is 5.69 Å². The highest BCUT2D eigenvalue weighted by atomic mass is 19.1. The summed E-state index contributed by atoms with van der Waals surface area (Å²) < 4.78 is 17.0. The molecule has 1 aromatic carbocycles. The van der Waals surface area contributed by atoms with Crippen molar-refractivity contribution in [2.75, 3.05) is 13.8 Å². The lowest BCUT2D eigenvalue weighted by molar-refractivity contribution is -0.385. The molecule has 6 nitrogen and oxygen atoms in total. The van der Waals surface area contributed by atoms with E-state index in [0.717, 1.165) is 12.1 Å². The minimum Gasteiger partial charge on any atom is -0.504 e. The summed E-state index contributed by atoms with van der Waals surface area (Å²) in [6.07, 6.45) is -0.0299. The SMILES string of the molecule is COc1cc([N+](=O)[O-])cc([C@@H](N)CCF)c1O. The third-order valence-corrected chi connectivity index (χ3v) is 2.34. The predicted octanol–water partition coefficient (Wildman–Crippen LogP) is 1.67. The number of nitrogens with two attached hydrogens (primary N) is 1. The van der Waals surface area contributed by atoms with E-state index in [1.807, 2.05) is 0 Å². The average Bonchev–Trinajstić information content (AvgIpc) is 2.29. The second kappa shape index (κ2) is 5.44. The van der Waals surface area contributed by atoms with Crippen LogP contribution in [0.5, 0.6) is 11.5 Å². The van der Waals surface area contributed by atoms with Gasteiger partial charge in [0.2, 0.25) is 0 Å². The van der Waals surface area contributed by atoms with Gasteiger partial charge in [-0.3, -0.25) is 14.5 Å². The number of hydrogen-bond acceptors (Lipinski definition) is 5. The fourth-order valence-electron chi connectivity index (χ4n) is 1.43. The largest absolute Gasteiger partial charge is 0.504 e. The summed E-state index contributed by atoms with van der Waals surface area (Å²) in [4.78, 5) is 10.0. The second-order valence-corrected chi connectivity index (χ2v) is 3.43. The molecule has 0 saturated carbocycles.